The summed E-state index contributed by atoms with van der Waals surface area (Å²) in [6, 6.07) is 18.3. The fourth-order valence-corrected chi connectivity index (χ4v) is 3.59. The number of rotatable bonds is 3. The number of nitrogens with zero attached hydrogens (tertiary/aromatic N) is 1. The Morgan fingerprint density at radius 3 is 1.79 bits per heavy atom. The van der Waals surface area contributed by atoms with Crippen LogP contribution in [-0.4, -0.2) is 25.1 Å². The number of fused-ring (bicyclic) bond motifs is 3. The van der Waals surface area contributed by atoms with Crippen LogP contribution in [0.25, 0.3) is 11.1 Å². The summed E-state index contributed by atoms with van der Waals surface area (Å²) >= 11 is 0. The van der Waals surface area contributed by atoms with E-state index in [-0.39, 0.29) is 0 Å². The van der Waals surface area contributed by atoms with E-state index in [4.69, 9.17) is 0 Å². The molecule has 1 heteroatoms. The molecule has 2 aromatic rings. The molecular weight excluding hydrogens is 230 g/mol. The van der Waals surface area contributed by atoms with Gasteiger partial charge in [-0.05, 0) is 17.5 Å². The number of benzene rings is 2. The largest absolute Gasteiger partial charge is 0.318 e. The third kappa shape index (κ3) is 1.89. The highest BCUT2D eigenvalue weighted by Crippen LogP contribution is 2.47. The molecule has 0 saturated carbocycles. The molecule has 2 aromatic carbocycles. The molecule has 0 saturated heterocycles. The van der Waals surface area contributed by atoms with Crippen molar-refractivity contribution in [2.75, 3.05) is 20.6 Å². The van der Waals surface area contributed by atoms with Gasteiger partial charge < -0.3 is 4.48 Å². The van der Waals surface area contributed by atoms with Gasteiger partial charge in [0, 0.05) is 11.1 Å². The molecule has 0 spiro atoms. The Morgan fingerprint density at radius 2 is 1.32 bits per heavy atom. The van der Waals surface area contributed by atoms with Gasteiger partial charge >= 0.3 is 0 Å². The van der Waals surface area contributed by atoms with Crippen molar-refractivity contribution in [2.45, 2.75) is 19.4 Å². The van der Waals surface area contributed by atoms with Crippen LogP contribution in [0.3, 0.4) is 0 Å². The van der Waals surface area contributed by atoms with Crippen molar-refractivity contribution in [1.82, 2.24) is 0 Å². The summed E-state index contributed by atoms with van der Waals surface area (Å²) < 4.78 is 1.03. The molecule has 0 fully saturated rings. The first-order chi connectivity index (χ1) is 9.15. The van der Waals surface area contributed by atoms with Crippen LogP contribution >= 0.6 is 0 Å². The molecule has 0 unspecified atom stereocenters. The molecule has 0 atom stereocenters. The van der Waals surface area contributed by atoms with Crippen LogP contribution in [-0.2, 0) is 0 Å². The lowest BCUT2D eigenvalue weighted by Gasteiger charge is -2.37. The van der Waals surface area contributed by atoms with Crippen LogP contribution in [0.4, 0.5) is 0 Å². The Hall–Kier alpha value is -1.60. The van der Waals surface area contributed by atoms with Crippen LogP contribution in [0.5, 0.6) is 0 Å². The topological polar surface area (TPSA) is 0 Å². The van der Waals surface area contributed by atoms with Gasteiger partial charge in [0.05, 0.1) is 20.6 Å². The second-order valence-corrected chi connectivity index (χ2v) is 6.08. The average Bonchev–Trinajstić information content (AvgIpc) is 2.74. The zero-order valence-electron chi connectivity index (χ0n) is 12.1. The van der Waals surface area contributed by atoms with Crippen LogP contribution in [0.15, 0.2) is 48.5 Å². The normalized spacial score (nSPS) is 14.3. The maximum Gasteiger partial charge on any atom is 0.141 e. The van der Waals surface area contributed by atoms with Gasteiger partial charge in [0.2, 0.25) is 0 Å². The van der Waals surface area contributed by atoms with Gasteiger partial charge in [0.1, 0.15) is 6.04 Å². The molecule has 0 radical (unpaired) electrons. The van der Waals surface area contributed by atoms with Gasteiger partial charge in [0.15, 0.2) is 0 Å². The molecule has 0 amide bonds. The van der Waals surface area contributed by atoms with Crippen molar-refractivity contribution in [3.63, 3.8) is 0 Å². The first-order valence-corrected chi connectivity index (χ1v) is 7.16. The number of hydrogen-bond donors (Lipinski definition) is 0. The van der Waals surface area contributed by atoms with Gasteiger partial charge in [-0.2, -0.15) is 0 Å². The minimum atomic E-state index is 0.479. The van der Waals surface area contributed by atoms with Crippen molar-refractivity contribution in [1.29, 1.82) is 0 Å². The van der Waals surface area contributed by atoms with E-state index in [0.29, 0.717) is 6.04 Å². The Labute approximate surface area is 116 Å². The van der Waals surface area contributed by atoms with E-state index < -0.39 is 0 Å². The van der Waals surface area contributed by atoms with Crippen molar-refractivity contribution < 1.29 is 4.48 Å². The summed E-state index contributed by atoms with van der Waals surface area (Å²) in [7, 11) is 4.71. The molecule has 1 nitrogen and oxygen atoms in total. The third-order valence-corrected chi connectivity index (χ3v) is 4.30. The van der Waals surface area contributed by atoms with Crippen molar-refractivity contribution >= 4 is 0 Å². The first kappa shape index (κ1) is 12.4. The quantitative estimate of drug-likeness (QED) is 0.717. The maximum atomic E-state index is 2.35. The highest BCUT2D eigenvalue weighted by Gasteiger charge is 2.38. The first-order valence-electron chi connectivity index (χ1n) is 7.16. The van der Waals surface area contributed by atoms with E-state index in [2.05, 4.69) is 69.6 Å². The number of hydrogen-bond acceptors (Lipinski definition) is 0. The molecule has 3 rings (SSSR count). The van der Waals surface area contributed by atoms with Crippen LogP contribution < -0.4 is 0 Å². The van der Waals surface area contributed by atoms with Gasteiger partial charge in [-0.3, -0.25) is 0 Å². The second-order valence-electron chi connectivity index (χ2n) is 6.08. The van der Waals surface area contributed by atoms with E-state index in [0.717, 1.165) is 4.48 Å². The fraction of sp³-hybridized carbons (Fsp3) is 0.333. The monoisotopic (exact) mass is 252 g/mol. The number of quaternary nitrogens is 1. The lowest BCUT2D eigenvalue weighted by Crippen LogP contribution is -2.43. The van der Waals surface area contributed by atoms with E-state index >= 15 is 0 Å². The summed E-state index contributed by atoms with van der Waals surface area (Å²) in [5, 5.41) is 0. The zero-order valence-corrected chi connectivity index (χ0v) is 12.1. The molecule has 0 bridgehead atoms. The summed E-state index contributed by atoms with van der Waals surface area (Å²) in [6.07, 6.45) is 1.22. The smallest absolute Gasteiger partial charge is 0.141 e. The van der Waals surface area contributed by atoms with Crippen LogP contribution in [0.2, 0.25) is 0 Å². The Morgan fingerprint density at radius 1 is 0.842 bits per heavy atom. The molecule has 1 aliphatic rings. The fourth-order valence-electron chi connectivity index (χ4n) is 3.59. The molecule has 1 aliphatic carbocycles. The van der Waals surface area contributed by atoms with E-state index in [1.165, 1.54) is 35.2 Å². The minimum Gasteiger partial charge on any atom is -0.318 e. The molecule has 19 heavy (non-hydrogen) atoms. The minimum absolute atomic E-state index is 0.479. The lowest BCUT2D eigenvalue weighted by molar-refractivity contribution is -0.914. The highest BCUT2D eigenvalue weighted by molar-refractivity contribution is 5.77. The Balaban J connectivity index is 2.20. The lowest BCUT2D eigenvalue weighted by atomic mass is 10.0. The maximum absolute atomic E-state index is 2.35. The zero-order chi connectivity index (χ0) is 13.5. The summed E-state index contributed by atoms with van der Waals surface area (Å²) in [6.45, 7) is 3.47. The van der Waals surface area contributed by atoms with Crippen molar-refractivity contribution in [2.24, 2.45) is 0 Å². The van der Waals surface area contributed by atoms with Gasteiger partial charge in [-0.1, -0.05) is 55.5 Å². The third-order valence-electron chi connectivity index (χ3n) is 4.30. The van der Waals surface area contributed by atoms with Gasteiger partial charge in [-0.15, -0.1) is 0 Å². The molecule has 0 N–H and O–H groups in total. The Kier molecular flexibility index (Phi) is 2.94. The van der Waals surface area contributed by atoms with Crippen molar-refractivity contribution in [3.8, 4) is 11.1 Å². The van der Waals surface area contributed by atoms with E-state index in [9.17, 15) is 0 Å². The summed E-state index contributed by atoms with van der Waals surface area (Å²) in [5.41, 5.74) is 5.82. The van der Waals surface area contributed by atoms with Crippen molar-refractivity contribution in [3.05, 3.63) is 59.7 Å². The van der Waals surface area contributed by atoms with Gasteiger partial charge in [0.25, 0.3) is 0 Å². The van der Waals surface area contributed by atoms with E-state index in [1.54, 1.807) is 0 Å². The van der Waals surface area contributed by atoms with Gasteiger partial charge in [-0.25, -0.2) is 0 Å². The van der Waals surface area contributed by atoms with E-state index in [1.807, 2.05) is 0 Å². The van der Waals surface area contributed by atoms with Crippen LogP contribution in [0.1, 0.15) is 30.5 Å². The SMILES string of the molecule is CCC[N+](C)(C)C1c2ccccc2-c2ccccc21. The van der Waals surface area contributed by atoms with Crippen LogP contribution in [0, 0.1) is 0 Å². The molecule has 98 valence electrons. The second kappa shape index (κ2) is 4.50. The highest BCUT2D eigenvalue weighted by atomic mass is 15.3. The summed E-state index contributed by atoms with van der Waals surface area (Å²) in [5.74, 6) is 0. The standard InChI is InChI=1S/C18H22N/c1-4-13-19(2,3)18-16-11-7-5-9-14(16)15-10-6-8-12-17(15)18/h5-12,18H,4,13H2,1-3H3/q+1. The molecule has 0 aromatic heterocycles. The Bertz CT molecular complexity index is 553. The molecule has 0 heterocycles. The molecule has 0 aliphatic heterocycles. The predicted octanol–water partition coefficient (Wildman–Crippen LogP) is 4.24. The molecular formula is C18H22N+. The average molecular weight is 252 g/mol. The predicted molar refractivity (Wildman–Crippen MR) is 81.0 cm³/mol. The summed E-state index contributed by atoms with van der Waals surface area (Å²) in [4.78, 5) is 0.